The van der Waals surface area contributed by atoms with E-state index in [0.717, 1.165) is 6.07 Å². The summed E-state index contributed by atoms with van der Waals surface area (Å²) in [6, 6.07) is 1.15. The average molecular weight is 307 g/mol. The molecule has 6 nitrogen and oxygen atoms in total. The van der Waals surface area contributed by atoms with Crippen molar-refractivity contribution in [1.82, 2.24) is 9.78 Å². The fourth-order valence-electron chi connectivity index (χ4n) is 1.82. The molecular formula is C12H16F3N3O3. The average Bonchev–Trinajstić information content (AvgIpc) is 2.37. The van der Waals surface area contributed by atoms with E-state index in [9.17, 15) is 22.8 Å². The van der Waals surface area contributed by atoms with E-state index in [0.29, 0.717) is 23.5 Å². The van der Waals surface area contributed by atoms with E-state index in [1.807, 2.05) is 13.8 Å². The highest BCUT2D eigenvalue weighted by Crippen LogP contribution is 2.27. The summed E-state index contributed by atoms with van der Waals surface area (Å²) in [5, 5.41) is 12.2. The number of hydrogen-bond donors (Lipinski definition) is 1. The number of alkyl halides is 3. The molecule has 1 unspecified atom stereocenters. The standard InChI is InChI=1S/C12H16F3N3O3/c1-3-17(4-2)8-5-10(19)18(16-6-8)7-9(11(20)21)12(13,14)15/h5-6,9H,3-4,7H2,1-2H3,(H,20,21). The van der Waals surface area contributed by atoms with Crippen LogP contribution in [0.1, 0.15) is 13.8 Å². The second-order valence-corrected chi connectivity index (χ2v) is 4.34. The van der Waals surface area contributed by atoms with Gasteiger partial charge in [-0.1, -0.05) is 0 Å². The minimum atomic E-state index is -4.94. The zero-order valence-corrected chi connectivity index (χ0v) is 11.6. The largest absolute Gasteiger partial charge is 0.481 e. The molecule has 1 aromatic heterocycles. The van der Waals surface area contributed by atoms with E-state index in [4.69, 9.17) is 5.11 Å². The normalized spacial score (nSPS) is 13.0. The van der Waals surface area contributed by atoms with Gasteiger partial charge in [0.2, 0.25) is 0 Å². The molecular weight excluding hydrogens is 291 g/mol. The Morgan fingerprint density at radius 3 is 2.38 bits per heavy atom. The van der Waals surface area contributed by atoms with Crippen LogP contribution in [-0.2, 0) is 11.3 Å². The van der Waals surface area contributed by atoms with Crippen molar-refractivity contribution in [2.75, 3.05) is 18.0 Å². The second kappa shape index (κ2) is 6.59. The van der Waals surface area contributed by atoms with Crippen molar-refractivity contribution in [3.63, 3.8) is 0 Å². The second-order valence-electron chi connectivity index (χ2n) is 4.34. The Labute approximate surface area is 118 Å². The van der Waals surface area contributed by atoms with Crippen molar-refractivity contribution in [3.05, 3.63) is 22.6 Å². The fourth-order valence-corrected chi connectivity index (χ4v) is 1.82. The molecule has 1 rings (SSSR count). The van der Waals surface area contributed by atoms with E-state index in [2.05, 4.69) is 5.10 Å². The molecule has 1 atom stereocenters. The Hall–Kier alpha value is -2.06. The lowest BCUT2D eigenvalue weighted by atomic mass is 10.1. The zero-order chi connectivity index (χ0) is 16.2. The molecule has 118 valence electrons. The number of anilines is 1. The van der Waals surface area contributed by atoms with Crippen LogP contribution in [0.5, 0.6) is 0 Å². The van der Waals surface area contributed by atoms with E-state index < -0.39 is 30.2 Å². The van der Waals surface area contributed by atoms with Crippen molar-refractivity contribution in [2.45, 2.75) is 26.6 Å². The molecule has 0 fully saturated rings. The molecule has 1 aromatic rings. The van der Waals surface area contributed by atoms with Gasteiger partial charge in [0.1, 0.15) is 0 Å². The monoisotopic (exact) mass is 307 g/mol. The Bertz CT molecular complexity index is 553. The number of carboxylic acid groups (broad SMARTS) is 1. The maximum absolute atomic E-state index is 12.6. The van der Waals surface area contributed by atoms with Gasteiger partial charge < -0.3 is 10.0 Å². The number of carboxylic acids is 1. The lowest BCUT2D eigenvalue weighted by Crippen LogP contribution is -2.38. The Morgan fingerprint density at radius 2 is 2.00 bits per heavy atom. The van der Waals surface area contributed by atoms with Crippen molar-refractivity contribution < 1.29 is 23.1 Å². The highest BCUT2D eigenvalue weighted by Gasteiger charge is 2.45. The summed E-state index contributed by atoms with van der Waals surface area (Å²) in [6.45, 7) is 3.90. The summed E-state index contributed by atoms with van der Waals surface area (Å²) in [5.74, 6) is -4.70. The molecule has 0 aromatic carbocycles. The van der Waals surface area contributed by atoms with Crippen molar-refractivity contribution in [3.8, 4) is 0 Å². The maximum atomic E-state index is 12.6. The SMILES string of the molecule is CCN(CC)c1cnn(CC(C(=O)O)C(F)(F)F)c(=O)c1. The van der Waals surface area contributed by atoms with Gasteiger partial charge >= 0.3 is 12.1 Å². The third kappa shape index (κ3) is 4.20. The van der Waals surface area contributed by atoms with E-state index in [-0.39, 0.29) is 0 Å². The highest BCUT2D eigenvalue weighted by atomic mass is 19.4. The summed E-state index contributed by atoms with van der Waals surface area (Å²) in [5.41, 5.74) is -0.282. The van der Waals surface area contributed by atoms with Crippen LogP contribution in [0.15, 0.2) is 17.1 Å². The third-order valence-electron chi connectivity index (χ3n) is 3.03. The number of halogens is 3. The van der Waals surface area contributed by atoms with Gasteiger partial charge in [-0.2, -0.15) is 18.3 Å². The first-order valence-corrected chi connectivity index (χ1v) is 6.32. The van der Waals surface area contributed by atoms with Crippen molar-refractivity contribution >= 4 is 11.7 Å². The molecule has 0 aliphatic heterocycles. The molecule has 9 heteroatoms. The minimum absolute atomic E-state index is 0.486. The molecule has 21 heavy (non-hydrogen) atoms. The molecule has 0 spiro atoms. The van der Waals surface area contributed by atoms with E-state index in [1.54, 1.807) is 4.90 Å². The molecule has 1 N–H and O–H groups in total. The zero-order valence-electron chi connectivity index (χ0n) is 11.6. The van der Waals surface area contributed by atoms with Gasteiger partial charge in [0, 0.05) is 19.2 Å². The predicted molar refractivity (Wildman–Crippen MR) is 69.2 cm³/mol. The number of aliphatic carboxylic acids is 1. The smallest absolute Gasteiger partial charge is 0.404 e. The van der Waals surface area contributed by atoms with Gasteiger partial charge in [-0.05, 0) is 13.8 Å². The summed E-state index contributed by atoms with van der Waals surface area (Å²) < 4.78 is 38.2. The van der Waals surface area contributed by atoms with Crippen LogP contribution in [0.4, 0.5) is 18.9 Å². The third-order valence-corrected chi connectivity index (χ3v) is 3.03. The number of carbonyl (C=O) groups is 1. The van der Waals surface area contributed by atoms with Crippen molar-refractivity contribution in [1.29, 1.82) is 0 Å². The first-order valence-electron chi connectivity index (χ1n) is 6.32. The lowest BCUT2D eigenvalue weighted by Gasteiger charge is -2.21. The molecule has 0 bridgehead atoms. The number of hydrogen-bond acceptors (Lipinski definition) is 4. The van der Waals surface area contributed by atoms with Crippen LogP contribution in [0, 0.1) is 5.92 Å². The molecule has 0 aliphatic carbocycles. The molecule has 0 aliphatic rings. The van der Waals surface area contributed by atoms with Gasteiger partial charge in [-0.15, -0.1) is 0 Å². The van der Waals surface area contributed by atoms with Gasteiger partial charge in [-0.3, -0.25) is 9.59 Å². The van der Waals surface area contributed by atoms with E-state index in [1.165, 1.54) is 6.20 Å². The van der Waals surface area contributed by atoms with Crippen LogP contribution in [0.3, 0.4) is 0 Å². The number of rotatable bonds is 6. The molecule has 0 saturated carbocycles. The Kier molecular flexibility index (Phi) is 5.34. The van der Waals surface area contributed by atoms with Crippen LogP contribution in [0.25, 0.3) is 0 Å². The van der Waals surface area contributed by atoms with Gasteiger partial charge in [-0.25, -0.2) is 4.68 Å². The van der Waals surface area contributed by atoms with Crippen molar-refractivity contribution in [2.24, 2.45) is 5.92 Å². The quantitative estimate of drug-likeness (QED) is 0.858. The molecule has 0 amide bonds. The van der Waals surface area contributed by atoms with Gasteiger partial charge in [0.15, 0.2) is 5.92 Å². The number of nitrogens with zero attached hydrogens (tertiary/aromatic N) is 3. The first-order chi connectivity index (χ1) is 9.70. The van der Waals surface area contributed by atoms with Crippen LogP contribution < -0.4 is 10.5 Å². The minimum Gasteiger partial charge on any atom is -0.481 e. The molecule has 0 saturated heterocycles. The Morgan fingerprint density at radius 1 is 1.43 bits per heavy atom. The van der Waals surface area contributed by atoms with Crippen LogP contribution in [0.2, 0.25) is 0 Å². The molecule has 1 heterocycles. The summed E-state index contributed by atoms with van der Waals surface area (Å²) >= 11 is 0. The first kappa shape index (κ1) is 17.0. The Balaban J connectivity index is 3.05. The topological polar surface area (TPSA) is 75.4 Å². The van der Waals surface area contributed by atoms with Gasteiger partial charge in [0.05, 0.1) is 18.4 Å². The number of aromatic nitrogens is 2. The lowest BCUT2D eigenvalue weighted by molar-refractivity contribution is -0.196. The van der Waals surface area contributed by atoms with Crippen LogP contribution >= 0.6 is 0 Å². The molecule has 0 radical (unpaired) electrons. The maximum Gasteiger partial charge on any atom is 0.404 e. The summed E-state index contributed by atoms with van der Waals surface area (Å²) in [4.78, 5) is 24.2. The summed E-state index contributed by atoms with van der Waals surface area (Å²) in [6.07, 6.45) is -3.69. The van der Waals surface area contributed by atoms with Gasteiger partial charge in [0.25, 0.3) is 5.56 Å². The highest BCUT2D eigenvalue weighted by molar-refractivity contribution is 5.70. The van der Waals surface area contributed by atoms with Crippen LogP contribution in [-0.4, -0.2) is 40.1 Å². The fraction of sp³-hybridized carbons (Fsp3) is 0.583. The summed E-state index contributed by atoms with van der Waals surface area (Å²) in [7, 11) is 0. The predicted octanol–water partition coefficient (Wildman–Crippen LogP) is 1.35. The van der Waals surface area contributed by atoms with E-state index >= 15 is 0 Å².